The van der Waals surface area contributed by atoms with E-state index >= 15 is 0 Å². The number of piperazine rings is 1. The van der Waals surface area contributed by atoms with Gasteiger partial charge < -0.3 is 10.2 Å². The molecule has 0 aromatic heterocycles. The Morgan fingerprint density at radius 1 is 1.15 bits per heavy atom. The summed E-state index contributed by atoms with van der Waals surface area (Å²) in [7, 11) is -3.57. The van der Waals surface area contributed by atoms with Crippen molar-refractivity contribution < 1.29 is 18.0 Å². The second kappa shape index (κ2) is 7.59. The molecule has 27 heavy (non-hydrogen) atoms. The number of sulfonamides is 1. The Hall–Kier alpha value is -1.93. The number of carbonyl (C=O) groups is 2. The normalized spacial score (nSPS) is 23.1. The highest BCUT2D eigenvalue weighted by atomic mass is 32.2. The molecule has 7 nitrogen and oxygen atoms in total. The molecule has 1 N–H and O–H groups in total. The van der Waals surface area contributed by atoms with Crippen LogP contribution in [0.1, 0.15) is 24.5 Å². The fraction of sp³-hybridized carbons (Fsp3) is 0.579. The van der Waals surface area contributed by atoms with Crippen molar-refractivity contribution in [1.82, 2.24) is 14.5 Å². The molecule has 148 valence electrons. The van der Waals surface area contributed by atoms with E-state index in [4.69, 9.17) is 0 Å². The molecule has 1 aliphatic heterocycles. The molecule has 3 rings (SSSR count). The van der Waals surface area contributed by atoms with E-state index in [1.54, 1.807) is 17.9 Å². The van der Waals surface area contributed by atoms with Crippen LogP contribution in [0.4, 0.5) is 0 Å². The molecule has 0 radical (unpaired) electrons. The number of hydrogen-bond acceptors (Lipinski definition) is 4. The summed E-state index contributed by atoms with van der Waals surface area (Å²) in [5.41, 5.74) is 1.62. The van der Waals surface area contributed by atoms with Gasteiger partial charge in [-0.15, -0.1) is 0 Å². The van der Waals surface area contributed by atoms with Crippen LogP contribution in [0.15, 0.2) is 23.1 Å². The van der Waals surface area contributed by atoms with Crippen molar-refractivity contribution in [2.75, 3.05) is 32.7 Å². The third kappa shape index (κ3) is 4.32. The second-order valence-electron chi connectivity index (χ2n) is 7.59. The van der Waals surface area contributed by atoms with Gasteiger partial charge in [0.2, 0.25) is 21.8 Å². The molecular weight excluding hydrogens is 366 g/mol. The molecule has 2 atom stereocenters. The maximum Gasteiger partial charge on any atom is 0.243 e. The number of amides is 2. The molecular formula is C19H27N3O4S. The minimum atomic E-state index is -3.57. The van der Waals surface area contributed by atoms with Crippen LogP contribution in [-0.4, -0.2) is 62.2 Å². The molecule has 1 aromatic rings. The highest BCUT2D eigenvalue weighted by Gasteiger charge is 2.39. The molecule has 2 amide bonds. The zero-order valence-electron chi connectivity index (χ0n) is 16.1. The molecule has 0 spiro atoms. The number of nitrogens with one attached hydrogen (secondary N) is 1. The van der Waals surface area contributed by atoms with Crippen molar-refractivity contribution in [2.45, 2.75) is 32.1 Å². The summed E-state index contributed by atoms with van der Waals surface area (Å²) in [6.07, 6.45) is 0.884. The Kier molecular flexibility index (Phi) is 5.58. The molecule has 0 unspecified atom stereocenters. The van der Waals surface area contributed by atoms with E-state index in [0.717, 1.165) is 17.5 Å². The van der Waals surface area contributed by atoms with Gasteiger partial charge in [-0.05, 0) is 43.4 Å². The van der Waals surface area contributed by atoms with Gasteiger partial charge in [0.15, 0.2) is 0 Å². The minimum Gasteiger partial charge on any atom is -0.347 e. The Morgan fingerprint density at radius 2 is 1.78 bits per heavy atom. The SMILES string of the molecule is Cc1ccc(C)c(S(=O)(=O)N2CCN(C(=O)CNC(=O)[C@H]3C[C@H]3C)CC2)c1. The van der Waals surface area contributed by atoms with Gasteiger partial charge in [0, 0.05) is 32.1 Å². The third-order valence-corrected chi connectivity index (χ3v) is 7.45. The Balaban J connectivity index is 1.55. The van der Waals surface area contributed by atoms with Crippen LogP contribution in [0.3, 0.4) is 0 Å². The Bertz CT molecular complexity index is 845. The van der Waals surface area contributed by atoms with Crippen molar-refractivity contribution in [3.8, 4) is 0 Å². The van der Waals surface area contributed by atoms with Crippen molar-refractivity contribution in [1.29, 1.82) is 0 Å². The fourth-order valence-electron chi connectivity index (χ4n) is 3.40. The topological polar surface area (TPSA) is 86.8 Å². The van der Waals surface area contributed by atoms with E-state index in [1.807, 2.05) is 26.0 Å². The lowest BCUT2D eigenvalue weighted by atomic mass is 10.2. The largest absolute Gasteiger partial charge is 0.347 e. The van der Waals surface area contributed by atoms with Crippen LogP contribution in [0.5, 0.6) is 0 Å². The number of aryl methyl sites for hydroxylation is 2. The van der Waals surface area contributed by atoms with Gasteiger partial charge in [-0.1, -0.05) is 19.1 Å². The fourth-order valence-corrected chi connectivity index (χ4v) is 5.13. The van der Waals surface area contributed by atoms with E-state index in [9.17, 15) is 18.0 Å². The van der Waals surface area contributed by atoms with E-state index in [-0.39, 0.29) is 37.4 Å². The van der Waals surface area contributed by atoms with Gasteiger partial charge in [0.05, 0.1) is 11.4 Å². The summed E-state index contributed by atoms with van der Waals surface area (Å²) in [6.45, 7) is 6.83. The smallest absolute Gasteiger partial charge is 0.243 e. The molecule has 2 aliphatic rings. The monoisotopic (exact) mass is 393 g/mol. The van der Waals surface area contributed by atoms with Gasteiger partial charge in [0.25, 0.3) is 0 Å². The van der Waals surface area contributed by atoms with Crippen molar-refractivity contribution >= 4 is 21.8 Å². The van der Waals surface area contributed by atoms with Gasteiger partial charge in [-0.25, -0.2) is 8.42 Å². The highest BCUT2D eigenvalue weighted by Crippen LogP contribution is 2.37. The summed E-state index contributed by atoms with van der Waals surface area (Å²) in [4.78, 5) is 26.1. The molecule has 1 aromatic carbocycles. The zero-order chi connectivity index (χ0) is 19.8. The lowest BCUT2D eigenvalue weighted by Gasteiger charge is -2.34. The van der Waals surface area contributed by atoms with Gasteiger partial charge in [0.1, 0.15) is 0 Å². The standard InChI is InChI=1S/C19H27N3O4S/c1-13-4-5-14(2)17(10-13)27(25,26)22-8-6-21(7-9-22)18(23)12-20-19(24)16-11-15(16)3/h4-5,10,15-16H,6-9,11-12H2,1-3H3,(H,20,24)/t15-,16+/m1/s1. The highest BCUT2D eigenvalue weighted by molar-refractivity contribution is 7.89. The summed E-state index contributed by atoms with van der Waals surface area (Å²) in [5.74, 6) is 0.212. The Morgan fingerprint density at radius 3 is 2.37 bits per heavy atom. The van der Waals surface area contributed by atoms with E-state index in [2.05, 4.69) is 5.32 Å². The van der Waals surface area contributed by atoms with Crippen LogP contribution in [0, 0.1) is 25.7 Å². The molecule has 1 saturated carbocycles. The van der Waals surface area contributed by atoms with Gasteiger partial charge >= 0.3 is 0 Å². The first kappa shape index (κ1) is 19.8. The number of benzene rings is 1. The first-order chi connectivity index (χ1) is 12.7. The van der Waals surface area contributed by atoms with Crippen molar-refractivity contribution in [2.24, 2.45) is 11.8 Å². The summed E-state index contributed by atoms with van der Waals surface area (Å²) < 4.78 is 27.3. The average molecular weight is 394 g/mol. The first-order valence-corrected chi connectivity index (χ1v) is 10.8. The molecule has 1 saturated heterocycles. The van der Waals surface area contributed by atoms with Crippen LogP contribution in [0.25, 0.3) is 0 Å². The van der Waals surface area contributed by atoms with Crippen LogP contribution in [-0.2, 0) is 19.6 Å². The van der Waals surface area contributed by atoms with Gasteiger partial charge in [-0.2, -0.15) is 4.31 Å². The molecule has 8 heteroatoms. The third-order valence-electron chi connectivity index (χ3n) is 5.41. The molecule has 0 bridgehead atoms. The molecule has 1 heterocycles. The number of hydrogen-bond donors (Lipinski definition) is 1. The quantitative estimate of drug-likeness (QED) is 0.806. The Labute approximate surface area is 160 Å². The number of rotatable bonds is 5. The predicted molar refractivity (Wildman–Crippen MR) is 102 cm³/mol. The van der Waals surface area contributed by atoms with Crippen LogP contribution in [0.2, 0.25) is 0 Å². The maximum atomic E-state index is 12.9. The maximum absolute atomic E-state index is 12.9. The van der Waals surface area contributed by atoms with E-state index < -0.39 is 10.0 Å². The van der Waals surface area contributed by atoms with E-state index in [1.165, 1.54) is 4.31 Å². The first-order valence-electron chi connectivity index (χ1n) is 9.33. The molecule has 1 aliphatic carbocycles. The lowest BCUT2D eigenvalue weighted by molar-refractivity contribution is -0.134. The summed E-state index contributed by atoms with van der Waals surface area (Å²) in [5, 5.41) is 2.69. The summed E-state index contributed by atoms with van der Waals surface area (Å²) >= 11 is 0. The van der Waals surface area contributed by atoms with Crippen molar-refractivity contribution in [3.05, 3.63) is 29.3 Å². The number of nitrogens with zero attached hydrogens (tertiary/aromatic N) is 2. The minimum absolute atomic E-state index is 0.0220. The van der Waals surface area contributed by atoms with Crippen LogP contribution < -0.4 is 5.32 Å². The van der Waals surface area contributed by atoms with Crippen molar-refractivity contribution in [3.63, 3.8) is 0 Å². The van der Waals surface area contributed by atoms with Crippen LogP contribution >= 0.6 is 0 Å². The average Bonchev–Trinajstić information content (AvgIpc) is 3.38. The summed E-state index contributed by atoms with van der Waals surface area (Å²) in [6, 6.07) is 5.39. The lowest BCUT2D eigenvalue weighted by Crippen LogP contribution is -2.52. The predicted octanol–water partition coefficient (Wildman–Crippen LogP) is 0.909. The zero-order valence-corrected chi connectivity index (χ0v) is 16.9. The second-order valence-corrected chi connectivity index (χ2v) is 9.50. The number of carbonyl (C=O) groups excluding carboxylic acids is 2. The van der Waals surface area contributed by atoms with Gasteiger partial charge in [-0.3, -0.25) is 9.59 Å². The van der Waals surface area contributed by atoms with E-state index in [0.29, 0.717) is 23.9 Å². The molecule has 2 fully saturated rings.